The predicted octanol–water partition coefficient (Wildman–Crippen LogP) is 2.10. The molecule has 0 saturated carbocycles. The van der Waals surface area contributed by atoms with Crippen molar-refractivity contribution in [2.24, 2.45) is 5.92 Å². The first-order valence-corrected chi connectivity index (χ1v) is 7.14. The second kappa shape index (κ2) is 6.45. The third-order valence-corrected chi connectivity index (χ3v) is 4.20. The van der Waals surface area contributed by atoms with Crippen LogP contribution in [0.2, 0.25) is 0 Å². The van der Waals surface area contributed by atoms with E-state index in [-0.39, 0.29) is 30.4 Å². The van der Waals surface area contributed by atoms with Crippen LogP contribution in [0, 0.1) is 5.92 Å². The van der Waals surface area contributed by atoms with Crippen LogP contribution in [0.3, 0.4) is 0 Å². The Kier molecular flexibility index (Phi) is 4.85. The molecule has 3 atom stereocenters. The van der Waals surface area contributed by atoms with Gasteiger partial charge in [0.1, 0.15) is 0 Å². The number of piperidine rings is 1. The smallest absolute Gasteiger partial charge is 0.272 e. The van der Waals surface area contributed by atoms with Crippen molar-refractivity contribution >= 4 is 29.2 Å². The first-order chi connectivity index (χ1) is 9.66. The highest BCUT2D eigenvalue weighted by atomic mass is 35.5. The summed E-state index contributed by atoms with van der Waals surface area (Å²) in [4.78, 5) is 12.5. The second-order valence-electron chi connectivity index (χ2n) is 5.63. The van der Waals surface area contributed by atoms with E-state index >= 15 is 0 Å². The lowest BCUT2D eigenvalue weighted by atomic mass is 9.89. The molecule has 3 unspecified atom stereocenters. The summed E-state index contributed by atoms with van der Waals surface area (Å²) in [6, 6.07) is 8.12. The molecule has 5 nitrogen and oxygen atoms in total. The molecule has 1 aliphatic rings. The van der Waals surface area contributed by atoms with Crippen molar-refractivity contribution in [3.8, 4) is 0 Å². The van der Waals surface area contributed by atoms with Gasteiger partial charge in [-0.15, -0.1) is 12.4 Å². The minimum absolute atomic E-state index is 0. The molecule has 2 heterocycles. The predicted molar refractivity (Wildman–Crippen MR) is 85.8 cm³/mol. The minimum atomic E-state index is -0.102. The summed E-state index contributed by atoms with van der Waals surface area (Å²) in [6.07, 6.45) is 1.08. The number of carbonyl (C=O) groups is 1. The largest absolute Gasteiger partial charge is 0.346 e. The average Bonchev–Trinajstić information content (AvgIpc) is 2.87. The van der Waals surface area contributed by atoms with E-state index < -0.39 is 0 Å². The zero-order chi connectivity index (χ0) is 14.1. The molecule has 1 fully saturated rings. The fraction of sp³-hybridized carbons (Fsp3) is 0.467. The van der Waals surface area contributed by atoms with Gasteiger partial charge in [-0.05, 0) is 31.9 Å². The number of H-pyrrole nitrogens is 1. The molecule has 0 spiro atoms. The van der Waals surface area contributed by atoms with Crippen molar-refractivity contribution < 1.29 is 4.79 Å². The number of amides is 1. The van der Waals surface area contributed by atoms with Crippen LogP contribution >= 0.6 is 12.4 Å². The number of rotatable bonds is 2. The van der Waals surface area contributed by atoms with Crippen molar-refractivity contribution in [3.05, 3.63) is 30.0 Å². The highest BCUT2D eigenvalue weighted by Gasteiger charge is 2.29. The summed E-state index contributed by atoms with van der Waals surface area (Å²) >= 11 is 0. The molecule has 0 aliphatic carbocycles. The molecular formula is C15H21ClN4O. The van der Waals surface area contributed by atoms with Crippen LogP contribution in [0.25, 0.3) is 10.9 Å². The molecule has 1 aromatic carbocycles. The molecule has 6 heteroatoms. The highest BCUT2D eigenvalue weighted by Crippen LogP contribution is 2.19. The van der Waals surface area contributed by atoms with E-state index in [4.69, 9.17) is 0 Å². The molecule has 3 rings (SSSR count). The van der Waals surface area contributed by atoms with Crippen LogP contribution in [0.5, 0.6) is 0 Å². The van der Waals surface area contributed by atoms with Gasteiger partial charge in [-0.3, -0.25) is 9.89 Å². The van der Waals surface area contributed by atoms with Gasteiger partial charge in [0.15, 0.2) is 5.69 Å². The first-order valence-electron chi connectivity index (χ1n) is 7.14. The van der Waals surface area contributed by atoms with Crippen molar-refractivity contribution in [2.75, 3.05) is 6.54 Å². The molecule has 0 radical (unpaired) electrons. The summed E-state index contributed by atoms with van der Waals surface area (Å²) in [6.45, 7) is 5.31. The van der Waals surface area contributed by atoms with E-state index in [9.17, 15) is 4.79 Å². The fourth-order valence-corrected chi connectivity index (χ4v) is 2.96. The molecule has 21 heavy (non-hydrogen) atoms. The first kappa shape index (κ1) is 15.8. The van der Waals surface area contributed by atoms with Crippen LogP contribution < -0.4 is 10.6 Å². The van der Waals surface area contributed by atoms with Gasteiger partial charge in [0.2, 0.25) is 0 Å². The third-order valence-electron chi connectivity index (χ3n) is 4.20. The van der Waals surface area contributed by atoms with E-state index in [1.54, 1.807) is 0 Å². The molecular weight excluding hydrogens is 288 g/mol. The van der Waals surface area contributed by atoms with Gasteiger partial charge in [-0.2, -0.15) is 5.10 Å². The number of hydrogen-bond donors (Lipinski definition) is 3. The average molecular weight is 309 g/mol. The molecule has 114 valence electrons. The second-order valence-corrected chi connectivity index (χ2v) is 5.63. The van der Waals surface area contributed by atoms with Crippen LogP contribution in [-0.4, -0.2) is 34.7 Å². The summed E-state index contributed by atoms with van der Waals surface area (Å²) < 4.78 is 0. The number of fused-ring (bicyclic) bond motifs is 1. The molecule has 1 saturated heterocycles. The van der Waals surface area contributed by atoms with Crippen LogP contribution in [0.15, 0.2) is 24.3 Å². The van der Waals surface area contributed by atoms with Crippen molar-refractivity contribution in [3.63, 3.8) is 0 Å². The Labute approximate surface area is 130 Å². The van der Waals surface area contributed by atoms with Crippen LogP contribution in [0.4, 0.5) is 0 Å². The van der Waals surface area contributed by atoms with E-state index in [1.807, 2.05) is 24.3 Å². The van der Waals surface area contributed by atoms with Crippen molar-refractivity contribution in [1.29, 1.82) is 0 Å². The fourth-order valence-electron chi connectivity index (χ4n) is 2.96. The Morgan fingerprint density at radius 1 is 1.33 bits per heavy atom. The number of para-hydroxylation sites is 1. The number of nitrogens with zero attached hydrogens (tertiary/aromatic N) is 1. The Morgan fingerprint density at radius 2 is 2.10 bits per heavy atom. The number of benzene rings is 1. The van der Waals surface area contributed by atoms with Crippen molar-refractivity contribution in [2.45, 2.75) is 32.4 Å². The van der Waals surface area contributed by atoms with E-state index in [0.717, 1.165) is 23.9 Å². The molecule has 3 N–H and O–H groups in total. The number of aromatic nitrogens is 2. The molecule has 2 aromatic rings. The zero-order valence-electron chi connectivity index (χ0n) is 12.2. The van der Waals surface area contributed by atoms with Gasteiger partial charge >= 0.3 is 0 Å². The lowest BCUT2D eigenvalue weighted by Gasteiger charge is -2.35. The molecule has 1 aliphatic heterocycles. The topological polar surface area (TPSA) is 69.8 Å². The lowest BCUT2D eigenvalue weighted by molar-refractivity contribution is 0.0894. The summed E-state index contributed by atoms with van der Waals surface area (Å²) in [5, 5.41) is 14.5. The highest BCUT2D eigenvalue weighted by molar-refractivity contribution is 6.04. The molecule has 1 aromatic heterocycles. The summed E-state index contributed by atoms with van der Waals surface area (Å²) in [5.74, 6) is 0.371. The lowest BCUT2D eigenvalue weighted by Crippen LogP contribution is -2.56. The standard InChI is InChI=1S/C15H20N4O.ClH/c1-9-7-8-16-10(2)13(9)17-15(20)14-11-5-3-4-6-12(11)18-19-14;/h3-6,9-10,13,16H,7-8H2,1-2H3,(H,17,20)(H,18,19);1H. The number of halogens is 1. The van der Waals surface area contributed by atoms with Gasteiger partial charge in [-0.25, -0.2) is 0 Å². The maximum absolute atomic E-state index is 12.5. The number of hydrogen-bond acceptors (Lipinski definition) is 3. The summed E-state index contributed by atoms with van der Waals surface area (Å²) in [7, 11) is 0. The van der Waals surface area contributed by atoms with E-state index in [0.29, 0.717) is 11.6 Å². The van der Waals surface area contributed by atoms with Crippen LogP contribution in [0.1, 0.15) is 30.8 Å². The van der Waals surface area contributed by atoms with Gasteiger partial charge in [-0.1, -0.05) is 25.1 Å². The Hall–Kier alpha value is -1.59. The Bertz CT molecular complexity index is 617. The van der Waals surface area contributed by atoms with Crippen molar-refractivity contribution in [1.82, 2.24) is 20.8 Å². The SMILES string of the molecule is CC1CCNC(C)C1NC(=O)c1n[nH]c2ccccc12.Cl. The maximum Gasteiger partial charge on any atom is 0.272 e. The van der Waals surface area contributed by atoms with Gasteiger partial charge < -0.3 is 10.6 Å². The minimum Gasteiger partial charge on any atom is -0.346 e. The Balaban J connectivity index is 0.00000161. The normalized spacial score (nSPS) is 25.3. The number of nitrogens with one attached hydrogen (secondary N) is 3. The van der Waals surface area contributed by atoms with E-state index in [2.05, 4.69) is 34.7 Å². The quantitative estimate of drug-likeness (QED) is 0.796. The maximum atomic E-state index is 12.5. The molecule has 0 bridgehead atoms. The number of carbonyl (C=O) groups excluding carboxylic acids is 1. The van der Waals surface area contributed by atoms with Gasteiger partial charge in [0, 0.05) is 17.5 Å². The summed E-state index contributed by atoms with van der Waals surface area (Å²) in [5.41, 5.74) is 1.37. The number of aromatic amines is 1. The monoisotopic (exact) mass is 308 g/mol. The third kappa shape index (κ3) is 3.04. The van der Waals surface area contributed by atoms with E-state index in [1.165, 1.54) is 0 Å². The zero-order valence-corrected chi connectivity index (χ0v) is 13.0. The van der Waals surface area contributed by atoms with Crippen LogP contribution in [-0.2, 0) is 0 Å². The van der Waals surface area contributed by atoms with Gasteiger partial charge in [0.25, 0.3) is 5.91 Å². The molecule has 1 amide bonds. The Morgan fingerprint density at radius 3 is 2.86 bits per heavy atom. The van der Waals surface area contributed by atoms with Gasteiger partial charge in [0.05, 0.1) is 5.52 Å².